The number of hydrogen-bond acceptors (Lipinski definition) is 3. The summed E-state index contributed by atoms with van der Waals surface area (Å²) in [7, 11) is 0. The molecule has 26 heavy (non-hydrogen) atoms. The van der Waals surface area contributed by atoms with Crippen molar-refractivity contribution < 1.29 is 4.79 Å². The summed E-state index contributed by atoms with van der Waals surface area (Å²) in [5, 5.41) is 4.42. The van der Waals surface area contributed by atoms with Gasteiger partial charge >= 0.3 is 0 Å². The highest BCUT2D eigenvalue weighted by atomic mass is 35.5. The van der Waals surface area contributed by atoms with E-state index >= 15 is 0 Å². The number of amidine groups is 1. The second-order valence-electron chi connectivity index (χ2n) is 5.92. The number of hydrogen-bond donors (Lipinski definition) is 1. The van der Waals surface area contributed by atoms with Gasteiger partial charge in [0.05, 0.1) is 10.6 Å². The van der Waals surface area contributed by atoms with E-state index in [4.69, 9.17) is 23.2 Å². The molecule has 6 heteroatoms. The molecule has 1 aliphatic rings. The van der Waals surface area contributed by atoms with Gasteiger partial charge < -0.3 is 5.32 Å². The predicted molar refractivity (Wildman–Crippen MR) is 112 cm³/mol. The van der Waals surface area contributed by atoms with Crippen molar-refractivity contribution in [2.45, 2.75) is 26.2 Å². The molecule has 3 rings (SSSR count). The first-order chi connectivity index (χ1) is 12.5. The Morgan fingerprint density at radius 1 is 1.15 bits per heavy atom. The number of benzene rings is 2. The van der Waals surface area contributed by atoms with Crippen LogP contribution in [0.2, 0.25) is 10.0 Å². The minimum absolute atomic E-state index is 0.181. The normalized spacial score (nSPS) is 17.1. The molecule has 0 atom stereocenters. The molecule has 3 nitrogen and oxygen atoms in total. The fourth-order valence-corrected chi connectivity index (χ4v) is 3.77. The number of aryl methyl sites for hydroxylation is 1. The average Bonchev–Trinajstić information content (AvgIpc) is 2.96. The maximum absolute atomic E-state index is 12.2. The molecule has 2 aromatic rings. The molecule has 1 aliphatic heterocycles. The van der Waals surface area contributed by atoms with Crippen LogP contribution in [0.1, 0.15) is 30.9 Å². The van der Waals surface area contributed by atoms with Gasteiger partial charge in [-0.05, 0) is 66.1 Å². The number of amides is 1. The van der Waals surface area contributed by atoms with E-state index in [0.29, 0.717) is 20.1 Å². The summed E-state index contributed by atoms with van der Waals surface area (Å²) in [6.07, 6.45) is 5.18. The molecule has 1 heterocycles. The van der Waals surface area contributed by atoms with Crippen molar-refractivity contribution in [3.05, 3.63) is 68.5 Å². The second-order valence-corrected chi connectivity index (χ2v) is 7.79. The lowest BCUT2D eigenvalue weighted by molar-refractivity contribution is -0.115. The molecule has 0 bridgehead atoms. The van der Waals surface area contributed by atoms with E-state index < -0.39 is 0 Å². The van der Waals surface area contributed by atoms with Crippen molar-refractivity contribution in [1.29, 1.82) is 0 Å². The van der Waals surface area contributed by atoms with Crippen molar-refractivity contribution >= 4 is 57.8 Å². The summed E-state index contributed by atoms with van der Waals surface area (Å²) in [5.41, 5.74) is 2.87. The monoisotopic (exact) mass is 404 g/mol. The third kappa shape index (κ3) is 4.91. The number of unbranched alkanes of at least 4 members (excludes halogenated alkanes) is 1. The Morgan fingerprint density at radius 2 is 1.92 bits per heavy atom. The zero-order chi connectivity index (χ0) is 18.5. The van der Waals surface area contributed by atoms with Crippen molar-refractivity contribution in [2.24, 2.45) is 4.99 Å². The van der Waals surface area contributed by atoms with Crippen molar-refractivity contribution in [2.75, 3.05) is 0 Å². The number of halogens is 2. The minimum atomic E-state index is -0.181. The third-order valence-electron chi connectivity index (χ3n) is 3.89. The van der Waals surface area contributed by atoms with Crippen LogP contribution < -0.4 is 5.32 Å². The van der Waals surface area contributed by atoms with E-state index in [1.165, 1.54) is 30.2 Å². The molecule has 0 radical (unpaired) electrons. The lowest BCUT2D eigenvalue weighted by Crippen LogP contribution is -2.19. The summed E-state index contributed by atoms with van der Waals surface area (Å²) < 4.78 is 0. The van der Waals surface area contributed by atoms with Crippen LogP contribution in [0.5, 0.6) is 0 Å². The third-order valence-corrected chi connectivity index (χ3v) is 5.36. The van der Waals surface area contributed by atoms with Crippen LogP contribution in [0.15, 0.2) is 52.4 Å². The Bertz CT molecular complexity index is 876. The Morgan fingerprint density at radius 3 is 2.62 bits per heavy atom. The molecule has 1 fully saturated rings. The van der Waals surface area contributed by atoms with E-state index in [9.17, 15) is 4.79 Å². The van der Waals surface area contributed by atoms with Crippen LogP contribution in [0, 0.1) is 0 Å². The molecule has 0 aromatic heterocycles. The largest absolute Gasteiger partial charge is 0.300 e. The Kier molecular flexibility index (Phi) is 6.41. The van der Waals surface area contributed by atoms with Crippen LogP contribution in [0.25, 0.3) is 6.08 Å². The van der Waals surface area contributed by atoms with Gasteiger partial charge in [-0.2, -0.15) is 0 Å². The summed E-state index contributed by atoms with van der Waals surface area (Å²) in [6.45, 7) is 2.18. The summed E-state index contributed by atoms with van der Waals surface area (Å²) in [4.78, 5) is 17.2. The van der Waals surface area contributed by atoms with E-state index in [0.717, 1.165) is 17.7 Å². The molecule has 1 amide bonds. The Hall–Kier alpha value is -1.75. The molecule has 0 unspecified atom stereocenters. The van der Waals surface area contributed by atoms with E-state index in [2.05, 4.69) is 29.4 Å². The zero-order valence-corrected chi connectivity index (χ0v) is 16.6. The highest BCUT2D eigenvalue weighted by molar-refractivity contribution is 8.18. The molecular weight excluding hydrogens is 387 g/mol. The number of nitrogens with one attached hydrogen (secondary N) is 1. The first-order valence-corrected chi connectivity index (χ1v) is 9.96. The fourth-order valence-electron chi connectivity index (χ4n) is 2.48. The lowest BCUT2D eigenvalue weighted by atomic mass is 10.1. The number of carbonyl (C=O) groups excluding carboxylic acids is 1. The number of carbonyl (C=O) groups is 1. The molecule has 0 spiro atoms. The molecule has 1 N–H and O–H groups in total. The van der Waals surface area contributed by atoms with E-state index in [-0.39, 0.29) is 5.91 Å². The number of aliphatic imine (C=N–C) groups is 1. The smallest absolute Gasteiger partial charge is 0.264 e. The van der Waals surface area contributed by atoms with Crippen molar-refractivity contribution in [3.63, 3.8) is 0 Å². The molecule has 134 valence electrons. The summed E-state index contributed by atoms with van der Waals surface area (Å²) in [5.74, 6) is -0.181. The van der Waals surface area contributed by atoms with Gasteiger partial charge in [-0.15, -0.1) is 0 Å². The maximum atomic E-state index is 12.2. The topological polar surface area (TPSA) is 41.5 Å². The predicted octanol–water partition coefficient (Wildman–Crippen LogP) is 6.23. The van der Waals surface area contributed by atoms with E-state index in [1.807, 2.05) is 12.1 Å². The molecular formula is C20H18Cl2N2OS. The molecule has 0 aliphatic carbocycles. The molecule has 2 aromatic carbocycles. The quantitative estimate of drug-likeness (QED) is 0.600. The zero-order valence-electron chi connectivity index (χ0n) is 14.3. The summed E-state index contributed by atoms with van der Waals surface area (Å²) in [6, 6.07) is 13.3. The van der Waals surface area contributed by atoms with Crippen LogP contribution in [0.4, 0.5) is 5.69 Å². The van der Waals surface area contributed by atoms with Gasteiger partial charge in [0.2, 0.25) is 0 Å². The Balaban J connectivity index is 1.74. The van der Waals surface area contributed by atoms with Gasteiger partial charge in [0, 0.05) is 10.0 Å². The van der Waals surface area contributed by atoms with Gasteiger partial charge in [0.1, 0.15) is 0 Å². The Labute approximate surface area is 167 Å². The molecule has 1 saturated heterocycles. The minimum Gasteiger partial charge on any atom is -0.300 e. The average molecular weight is 405 g/mol. The van der Waals surface area contributed by atoms with Gasteiger partial charge in [-0.3, -0.25) is 4.79 Å². The first-order valence-electron chi connectivity index (χ1n) is 8.38. The second kappa shape index (κ2) is 8.76. The highest BCUT2D eigenvalue weighted by Gasteiger charge is 2.24. The van der Waals surface area contributed by atoms with Gasteiger partial charge in [0.25, 0.3) is 5.91 Å². The standard InChI is InChI=1S/C20H18Cl2N2OS/c1-2-3-4-13-5-9-16(10-6-13)23-20-24-19(25)18(26-20)11-14-7-8-15(21)12-17(14)22/h5-12H,2-4H2,1H3,(H,23,24,25)/b18-11-. The van der Waals surface area contributed by atoms with Gasteiger partial charge in [-0.25, -0.2) is 4.99 Å². The van der Waals surface area contributed by atoms with Crippen LogP contribution >= 0.6 is 35.0 Å². The maximum Gasteiger partial charge on any atom is 0.264 e. The van der Waals surface area contributed by atoms with Crippen molar-refractivity contribution in [1.82, 2.24) is 5.32 Å². The van der Waals surface area contributed by atoms with Gasteiger partial charge in [0.15, 0.2) is 5.17 Å². The lowest BCUT2D eigenvalue weighted by Gasteiger charge is -2.01. The SMILES string of the molecule is CCCCc1ccc(N=C2NC(=O)/C(=C/c3ccc(Cl)cc3Cl)S2)cc1. The number of rotatable bonds is 5. The van der Waals surface area contributed by atoms with E-state index in [1.54, 1.807) is 24.3 Å². The van der Waals surface area contributed by atoms with Crippen molar-refractivity contribution in [3.8, 4) is 0 Å². The number of nitrogens with zero attached hydrogens (tertiary/aromatic N) is 1. The van der Waals surface area contributed by atoms with Crippen LogP contribution in [-0.2, 0) is 11.2 Å². The fraction of sp³-hybridized carbons (Fsp3) is 0.200. The van der Waals surface area contributed by atoms with Crippen LogP contribution in [-0.4, -0.2) is 11.1 Å². The van der Waals surface area contributed by atoms with Crippen LogP contribution in [0.3, 0.4) is 0 Å². The summed E-state index contributed by atoms with van der Waals surface area (Å²) >= 11 is 13.4. The number of thioether (sulfide) groups is 1. The highest BCUT2D eigenvalue weighted by Crippen LogP contribution is 2.30. The molecule has 0 saturated carbocycles. The van der Waals surface area contributed by atoms with Gasteiger partial charge in [-0.1, -0.05) is 54.7 Å². The first kappa shape index (κ1) is 19.0.